The molecule has 0 amide bonds. The molecular formula is C22H27N3O. The van der Waals surface area contributed by atoms with E-state index in [-0.39, 0.29) is 11.6 Å². The molecule has 3 rings (SSSR count). The number of aromatic nitrogens is 2. The van der Waals surface area contributed by atoms with Crippen molar-refractivity contribution >= 4 is 10.9 Å². The summed E-state index contributed by atoms with van der Waals surface area (Å²) >= 11 is 0. The molecule has 0 fully saturated rings. The van der Waals surface area contributed by atoms with Crippen LogP contribution in [0, 0.1) is 6.92 Å². The fraction of sp³-hybridized carbons (Fsp3) is 0.364. The van der Waals surface area contributed by atoms with E-state index in [2.05, 4.69) is 19.2 Å². The maximum absolute atomic E-state index is 13.2. The molecule has 0 unspecified atom stereocenters. The van der Waals surface area contributed by atoms with Crippen LogP contribution in [0.2, 0.25) is 0 Å². The van der Waals surface area contributed by atoms with Crippen molar-refractivity contribution in [3.05, 3.63) is 70.3 Å². The van der Waals surface area contributed by atoms with Gasteiger partial charge in [-0.25, -0.2) is 4.98 Å². The summed E-state index contributed by atoms with van der Waals surface area (Å²) in [6, 6.07) is 15.6. The average molecular weight is 349 g/mol. The number of benzene rings is 2. The first-order valence-electron chi connectivity index (χ1n) is 9.44. The summed E-state index contributed by atoms with van der Waals surface area (Å²) in [7, 11) is 0. The second kappa shape index (κ2) is 8.28. The smallest absolute Gasteiger partial charge is 0.266 e. The molecule has 1 N–H and O–H groups in total. The summed E-state index contributed by atoms with van der Waals surface area (Å²) in [5.41, 5.74) is 2.72. The Kier molecular flexibility index (Phi) is 5.84. The summed E-state index contributed by atoms with van der Waals surface area (Å²) in [6.07, 6.45) is 3.52. The lowest BCUT2D eigenvalue weighted by Crippen LogP contribution is -2.30. The molecule has 0 saturated heterocycles. The van der Waals surface area contributed by atoms with Crippen LogP contribution in [0.1, 0.15) is 50.5 Å². The number of unbranched alkanes of at least 4 members (excludes halogenated alkanes) is 2. The number of nitrogens with one attached hydrogen (secondary N) is 1. The molecule has 1 heterocycles. The molecule has 1 atom stereocenters. The molecule has 0 aliphatic rings. The first kappa shape index (κ1) is 18.3. The van der Waals surface area contributed by atoms with Crippen molar-refractivity contribution in [2.24, 2.45) is 0 Å². The number of fused-ring (bicyclic) bond motifs is 1. The Morgan fingerprint density at radius 3 is 2.69 bits per heavy atom. The van der Waals surface area contributed by atoms with Crippen LogP contribution < -0.4 is 10.9 Å². The number of para-hydroxylation sites is 1. The van der Waals surface area contributed by atoms with Gasteiger partial charge in [-0.15, -0.1) is 0 Å². The number of aryl methyl sites for hydroxylation is 1. The van der Waals surface area contributed by atoms with Gasteiger partial charge in [-0.2, -0.15) is 0 Å². The Balaban J connectivity index is 2.10. The molecule has 0 saturated carbocycles. The number of rotatable bonds is 7. The van der Waals surface area contributed by atoms with Crippen molar-refractivity contribution in [1.29, 1.82) is 0 Å². The van der Waals surface area contributed by atoms with Crippen LogP contribution in [-0.2, 0) is 0 Å². The van der Waals surface area contributed by atoms with Gasteiger partial charge in [0.15, 0.2) is 0 Å². The average Bonchev–Trinajstić information content (AvgIpc) is 2.65. The summed E-state index contributed by atoms with van der Waals surface area (Å²) in [4.78, 5) is 18.1. The Morgan fingerprint density at radius 2 is 1.92 bits per heavy atom. The number of nitrogens with zero attached hydrogens (tertiary/aromatic N) is 2. The summed E-state index contributed by atoms with van der Waals surface area (Å²) in [6.45, 7) is 7.24. The first-order valence-corrected chi connectivity index (χ1v) is 9.44. The topological polar surface area (TPSA) is 46.9 Å². The van der Waals surface area contributed by atoms with E-state index in [9.17, 15) is 4.79 Å². The monoisotopic (exact) mass is 349 g/mol. The molecule has 0 bridgehead atoms. The van der Waals surface area contributed by atoms with Crippen LogP contribution in [0.25, 0.3) is 16.6 Å². The molecule has 136 valence electrons. The minimum absolute atomic E-state index is 0.00956. The predicted octanol–water partition coefficient (Wildman–Crippen LogP) is 4.53. The lowest BCUT2D eigenvalue weighted by atomic mass is 10.1. The van der Waals surface area contributed by atoms with Crippen molar-refractivity contribution in [1.82, 2.24) is 14.9 Å². The standard InChI is InChI=1S/C22H27N3O/c1-4-5-8-14-23-17(3)21-24-20-13-7-6-12-19(20)22(26)25(21)18-11-9-10-16(2)15-18/h6-7,9-13,15,17,23H,4-5,8,14H2,1-3H3/t17-/m0/s1. The van der Waals surface area contributed by atoms with Crippen LogP contribution >= 0.6 is 0 Å². The van der Waals surface area contributed by atoms with E-state index in [1.165, 1.54) is 12.8 Å². The van der Waals surface area contributed by atoms with E-state index >= 15 is 0 Å². The van der Waals surface area contributed by atoms with Gasteiger partial charge in [0.25, 0.3) is 5.56 Å². The highest BCUT2D eigenvalue weighted by atomic mass is 16.1. The lowest BCUT2D eigenvalue weighted by molar-refractivity contribution is 0.513. The second-order valence-electron chi connectivity index (χ2n) is 6.85. The highest BCUT2D eigenvalue weighted by Gasteiger charge is 2.17. The largest absolute Gasteiger partial charge is 0.308 e. The van der Waals surface area contributed by atoms with Crippen molar-refractivity contribution in [2.45, 2.75) is 46.1 Å². The second-order valence-corrected chi connectivity index (χ2v) is 6.85. The van der Waals surface area contributed by atoms with Gasteiger partial charge in [0.2, 0.25) is 0 Å². The Hall–Kier alpha value is -2.46. The Bertz CT molecular complexity index is 946. The van der Waals surface area contributed by atoms with Gasteiger partial charge >= 0.3 is 0 Å². The van der Waals surface area contributed by atoms with Crippen LogP contribution in [-0.4, -0.2) is 16.1 Å². The van der Waals surface area contributed by atoms with E-state index < -0.39 is 0 Å². The summed E-state index contributed by atoms with van der Waals surface area (Å²) < 4.78 is 1.76. The van der Waals surface area contributed by atoms with E-state index in [1.54, 1.807) is 4.57 Å². The van der Waals surface area contributed by atoms with Gasteiger partial charge in [0.05, 0.1) is 22.6 Å². The molecular weight excluding hydrogens is 322 g/mol. The van der Waals surface area contributed by atoms with E-state index in [0.717, 1.165) is 35.6 Å². The van der Waals surface area contributed by atoms with Crippen molar-refractivity contribution in [3.8, 4) is 5.69 Å². The van der Waals surface area contributed by atoms with Crippen LogP contribution in [0.15, 0.2) is 53.3 Å². The van der Waals surface area contributed by atoms with Gasteiger partial charge < -0.3 is 5.32 Å². The summed E-state index contributed by atoms with van der Waals surface area (Å²) in [5.74, 6) is 0.760. The maximum Gasteiger partial charge on any atom is 0.266 e. The van der Waals surface area contributed by atoms with Crippen molar-refractivity contribution in [2.75, 3.05) is 6.54 Å². The third-order valence-electron chi connectivity index (χ3n) is 4.68. The van der Waals surface area contributed by atoms with Gasteiger partial charge in [0.1, 0.15) is 5.82 Å². The minimum Gasteiger partial charge on any atom is -0.308 e. The number of hydrogen-bond donors (Lipinski definition) is 1. The molecule has 3 aromatic rings. The minimum atomic E-state index is -0.0154. The molecule has 26 heavy (non-hydrogen) atoms. The van der Waals surface area contributed by atoms with Gasteiger partial charge in [-0.05, 0) is 56.6 Å². The van der Waals surface area contributed by atoms with Gasteiger partial charge in [-0.3, -0.25) is 9.36 Å². The van der Waals surface area contributed by atoms with Crippen LogP contribution in [0.5, 0.6) is 0 Å². The molecule has 0 spiro atoms. The molecule has 4 heteroatoms. The van der Waals surface area contributed by atoms with Crippen molar-refractivity contribution < 1.29 is 0 Å². The third kappa shape index (κ3) is 3.86. The highest BCUT2D eigenvalue weighted by Crippen LogP contribution is 2.18. The molecule has 1 aromatic heterocycles. The van der Waals surface area contributed by atoms with E-state index in [0.29, 0.717) is 5.39 Å². The Labute approximate surface area is 154 Å². The van der Waals surface area contributed by atoms with Crippen LogP contribution in [0.3, 0.4) is 0 Å². The molecule has 0 aliphatic heterocycles. The predicted molar refractivity (Wildman–Crippen MR) is 108 cm³/mol. The quantitative estimate of drug-likeness (QED) is 0.637. The third-order valence-corrected chi connectivity index (χ3v) is 4.68. The zero-order valence-electron chi connectivity index (χ0n) is 15.8. The van der Waals surface area contributed by atoms with Gasteiger partial charge in [0, 0.05) is 0 Å². The van der Waals surface area contributed by atoms with E-state index in [1.807, 2.05) is 55.5 Å². The molecule has 0 radical (unpaired) electrons. The zero-order chi connectivity index (χ0) is 18.5. The van der Waals surface area contributed by atoms with E-state index in [4.69, 9.17) is 4.98 Å². The zero-order valence-corrected chi connectivity index (χ0v) is 15.8. The highest BCUT2D eigenvalue weighted by molar-refractivity contribution is 5.77. The lowest BCUT2D eigenvalue weighted by Gasteiger charge is -2.20. The van der Waals surface area contributed by atoms with Crippen LogP contribution in [0.4, 0.5) is 0 Å². The molecule has 0 aliphatic carbocycles. The Morgan fingerprint density at radius 1 is 1.12 bits per heavy atom. The summed E-state index contributed by atoms with van der Waals surface area (Å²) in [5, 5.41) is 4.18. The normalized spacial score (nSPS) is 12.4. The molecule has 2 aromatic carbocycles. The fourth-order valence-corrected chi connectivity index (χ4v) is 3.24. The fourth-order valence-electron chi connectivity index (χ4n) is 3.24. The first-order chi connectivity index (χ1) is 12.6. The van der Waals surface area contributed by atoms with Crippen molar-refractivity contribution in [3.63, 3.8) is 0 Å². The molecule has 4 nitrogen and oxygen atoms in total. The maximum atomic E-state index is 13.2. The SMILES string of the molecule is CCCCCN[C@@H](C)c1nc2ccccc2c(=O)n1-c1cccc(C)c1. The van der Waals surface area contributed by atoms with Gasteiger partial charge in [-0.1, -0.05) is 44.0 Å². The number of hydrogen-bond acceptors (Lipinski definition) is 3.